The fraction of sp³-hybridized carbons (Fsp3) is 0.0625. The van der Waals surface area contributed by atoms with Gasteiger partial charge in [-0.1, -0.05) is 6.07 Å². The summed E-state index contributed by atoms with van der Waals surface area (Å²) in [6.45, 7) is 0. The van der Waals surface area contributed by atoms with Gasteiger partial charge in [-0.05, 0) is 45.6 Å². The molecular formula is C16H11BrN2O4. The van der Waals surface area contributed by atoms with Crippen LogP contribution in [-0.2, 0) is 0 Å². The van der Waals surface area contributed by atoms with Crippen molar-refractivity contribution in [1.29, 1.82) is 0 Å². The molecule has 3 rings (SSSR count). The van der Waals surface area contributed by atoms with Crippen molar-refractivity contribution in [2.24, 2.45) is 0 Å². The zero-order valence-electron chi connectivity index (χ0n) is 12.0. The molecule has 0 fully saturated rings. The molecule has 7 heteroatoms. The van der Waals surface area contributed by atoms with E-state index in [1.54, 1.807) is 13.3 Å². The fourth-order valence-electron chi connectivity index (χ4n) is 2.16. The lowest BCUT2D eigenvalue weighted by molar-refractivity contribution is -0.384. The first-order valence-electron chi connectivity index (χ1n) is 6.63. The second-order valence-electron chi connectivity index (χ2n) is 4.65. The van der Waals surface area contributed by atoms with E-state index in [1.165, 1.54) is 24.3 Å². The Hall–Kier alpha value is -2.67. The SMILES string of the molecule is COc1ccc2ccnc(Oc3ccc([N+](=O)[O-])cc3)c2c1Br. The van der Waals surface area contributed by atoms with Crippen LogP contribution in [0.25, 0.3) is 10.8 Å². The van der Waals surface area contributed by atoms with Crippen LogP contribution >= 0.6 is 15.9 Å². The molecule has 0 aliphatic rings. The molecule has 3 aromatic rings. The quantitative estimate of drug-likeness (QED) is 0.488. The van der Waals surface area contributed by atoms with Crippen LogP contribution in [0.1, 0.15) is 0 Å². The molecule has 6 nitrogen and oxygen atoms in total. The zero-order valence-corrected chi connectivity index (χ0v) is 13.6. The highest BCUT2D eigenvalue weighted by Crippen LogP contribution is 2.38. The third-order valence-corrected chi connectivity index (χ3v) is 4.07. The maximum atomic E-state index is 10.7. The molecule has 0 amide bonds. The minimum Gasteiger partial charge on any atom is -0.496 e. The van der Waals surface area contributed by atoms with Crippen LogP contribution in [0.2, 0.25) is 0 Å². The van der Waals surface area contributed by atoms with E-state index in [-0.39, 0.29) is 5.69 Å². The van der Waals surface area contributed by atoms with E-state index in [4.69, 9.17) is 9.47 Å². The number of non-ortho nitro benzene ring substituents is 1. The predicted octanol–water partition coefficient (Wildman–Crippen LogP) is 4.71. The van der Waals surface area contributed by atoms with E-state index >= 15 is 0 Å². The van der Waals surface area contributed by atoms with Gasteiger partial charge in [-0.3, -0.25) is 10.1 Å². The molecule has 0 atom stereocenters. The van der Waals surface area contributed by atoms with Crippen LogP contribution in [0.3, 0.4) is 0 Å². The van der Waals surface area contributed by atoms with Gasteiger partial charge in [0.05, 0.1) is 21.9 Å². The number of fused-ring (bicyclic) bond motifs is 1. The molecule has 2 aromatic carbocycles. The van der Waals surface area contributed by atoms with Crippen LogP contribution in [-0.4, -0.2) is 17.0 Å². The smallest absolute Gasteiger partial charge is 0.269 e. The molecule has 0 spiro atoms. The molecule has 116 valence electrons. The molecule has 23 heavy (non-hydrogen) atoms. The van der Waals surface area contributed by atoms with E-state index in [1.807, 2.05) is 18.2 Å². The standard InChI is InChI=1S/C16H11BrN2O4/c1-22-13-7-2-10-8-9-18-16(14(10)15(13)17)23-12-5-3-11(4-6-12)19(20)21/h2-9H,1H3. The highest BCUT2D eigenvalue weighted by atomic mass is 79.9. The number of pyridine rings is 1. The molecule has 0 bridgehead atoms. The number of aromatic nitrogens is 1. The Morgan fingerprint density at radius 3 is 2.52 bits per heavy atom. The summed E-state index contributed by atoms with van der Waals surface area (Å²) in [5, 5.41) is 12.4. The molecule has 1 aromatic heterocycles. The number of nitrogens with zero attached hydrogens (tertiary/aromatic N) is 2. The average Bonchev–Trinajstić information content (AvgIpc) is 2.56. The van der Waals surface area contributed by atoms with E-state index in [0.717, 1.165) is 15.2 Å². The number of nitro benzene ring substituents is 1. The Labute approximate surface area is 140 Å². The van der Waals surface area contributed by atoms with Crippen molar-refractivity contribution in [3.8, 4) is 17.4 Å². The maximum Gasteiger partial charge on any atom is 0.269 e. The lowest BCUT2D eigenvalue weighted by Gasteiger charge is -2.11. The second-order valence-corrected chi connectivity index (χ2v) is 5.44. The number of rotatable bonds is 4. The normalized spacial score (nSPS) is 10.5. The summed E-state index contributed by atoms with van der Waals surface area (Å²) >= 11 is 3.50. The first-order valence-corrected chi connectivity index (χ1v) is 7.43. The van der Waals surface area contributed by atoms with Crippen LogP contribution < -0.4 is 9.47 Å². The summed E-state index contributed by atoms with van der Waals surface area (Å²) in [5.74, 6) is 1.52. The summed E-state index contributed by atoms with van der Waals surface area (Å²) in [6.07, 6.45) is 1.64. The summed E-state index contributed by atoms with van der Waals surface area (Å²) < 4.78 is 11.8. The Bertz CT molecular complexity index is 881. The zero-order chi connectivity index (χ0) is 16.4. The second kappa shape index (κ2) is 6.21. The third kappa shape index (κ3) is 2.95. The number of hydrogen-bond acceptors (Lipinski definition) is 5. The molecule has 0 saturated heterocycles. The first kappa shape index (κ1) is 15.2. The molecule has 1 heterocycles. The van der Waals surface area contributed by atoms with E-state index in [9.17, 15) is 10.1 Å². The van der Waals surface area contributed by atoms with Gasteiger partial charge in [0.15, 0.2) is 0 Å². The number of ether oxygens (including phenoxy) is 2. The summed E-state index contributed by atoms with van der Waals surface area (Å²) in [7, 11) is 1.58. The molecule has 0 N–H and O–H groups in total. The average molecular weight is 375 g/mol. The predicted molar refractivity (Wildman–Crippen MR) is 89.2 cm³/mol. The van der Waals surface area contributed by atoms with E-state index in [2.05, 4.69) is 20.9 Å². The van der Waals surface area contributed by atoms with Crippen molar-refractivity contribution in [2.75, 3.05) is 7.11 Å². The van der Waals surface area contributed by atoms with Gasteiger partial charge >= 0.3 is 0 Å². The minimum atomic E-state index is -0.457. The van der Waals surface area contributed by atoms with Crippen LogP contribution in [0.15, 0.2) is 53.1 Å². The number of nitro groups is 1. The van der Waals surface area contributed by atoms with E-state index in [0.29, 0.717) is 17.4 Å². The largest absolute Gasteiger partial charge is 0.496 e. The van der Waals surface area contributed by atoms with Gasteiger partial charge in [-0.2, -0.15) is 0 Å². The lowest BCUT2D eigenvalue weighted by atomic mass is 10.1. The van der Waals surface area contributed by atoms with Gasteiger partial charge in [0.2, 0.25) is 5.88 Å². The number of methoxy groups -OCH3 is 1. The van der Waals surface area contributed by atoms with Gasteiger partial charge in [0.25, 0.3) is 5.69 Å². The highest BCUT2D eigenvalue weighted by Gasteiger charge is 2.13. The van der Waals surface area contributed by atoms with Crippen molar-refractivity contribution >= 4 is 32.4 Å². The Balaban J connectivity index is 2.04. The highest BCUT2D eigenvalue weighted by molar-refractivity contribution is 9.10. The Kier molecular flexibility index (Phi) is 4.12. The van der Waals surface area contributed by atoms with Crippen molar-refractivity contribution < 1.29 is 14.4 Å². The van der Waals surface area contributed by atoms with Gasteiger partial charge < -0.3 is 9.47 Å². The van der Waals surface area contributed by atoms with Gasteiger partial charge in [-0.15, -0.1) is 0 Å². The Morgan fingerprint density at radius 1 is 1.13 bits per heavy atom. The maximum absolute atomic E-state index is 10.7. The summed E-state index contributed by atoms with van der Waals surface area (Å²) in [5.41, 5.74) is 0.00563. The third-order valence-electron chi connectivity index (χ3n) is 3.28. The number of halogens is 1. The van der Waals surface area contributed by atoms with Gasteiger partial charge in [0.1, 0.15) is 11.5 Å². The van der Waals surface area contributed by atoms with Gasteiger partial charge in [-0.25, -0.2) is 4.98 Å². The molecule has 0 aliphatic carbocycles. The molecule has 0 unspecified atom stereocenters. The molecule has 0 aliphatic heterocycles. The topological polar surface area (TPSA) is 74.5 Å². The summed E-state index contributed by atoms with van der Waals surface area (Å²) in [6, 6.07) is 11.5. The number of hydrogen-bond donors (Lipinski definition) is 0. The van der Waals surface area contributed by atoms with Gasteiger partial charge in [0, 0.05) is 18.3 Å². The monoisotopic (exact) mass is 374 g/mol. The van der Waals surface area contributed by atoms with Crippen molar-refractivity contribution in [2.45, 2.75) is 0 Å². The van der Waals surface area contributed by atoms with E-state index < -0.39 is 4.92 Å². The summed E-state index contributed by atoms with van der Waals surface area (Å²) in [4.78, 5) is 14.5. The van der Waals surface area contributed by atoms with Crippen LogP contribution in [0.4, 0.5) is 5.69 Å². The molecule has 0 radical (unpaired) electrons. The molecular weight excluding hydrogens is 364 g/mol. The van der Waals surface area contributed by atoms with Crippen molar-refractivity contribution in [3.63, 3.8) is 0 Å². The minimum absolute atomic E-state index is 0.00563. The van der Waals surface area contributed by atoms with Crippen LogP contribution in [0, 0.1) is 10.1 Å². The Morgan fingerprint density at radius 2 is 1.87 bits per heavy atom. The fourth-order valence-corrected chi connectivity index (χ4v) is 2.85. The first-order chi connectivity index (χ1) is 11.1. The number of benzene rings is 2. The lowest BCUT2D eigenvalue weighted by Crippen LogP contribution is -1.93. The molecule has 0 saturated carbocycles. The van der Waals surface area contributed by atoms with Crippen molar-refractivity contribution in [1.82, 2.24) is 4.98 Å². The van der Waals surface area contributed by atoms with Crippen LogP contribution in [0.5, 0.6) is 17.4 Å². The van der Waals surface area contributed by atoms with Crippen molar-refractivity contribution in [3.05, 3.63) is 63.2 Å².